The summed E-state index contributed by atoms with van der Waals surface area (Å²) < 4.78 is 2.25. The third-order valence-electron chi connectivity index (χ3n) is 4.56. The van der Waals surface area contributed by atoms with Gasteiger partial charge in [-0.05, 0) is 31.6 Å². The van der Waals surface area contributed by atoms with Crippen LogP contribution in [-0.4, -0.2) is 15.8 Å². The van der Waals surface area contributed by atoms with E-state index in [1.54, 1.807) is 0 Å². The summed E-state index contributed by atoms with van der Waals surface area (Å²) >= 11 is 0. The van der Waals surface area contributed by atoms with Crippen LogP contribution in [0, 0.1) is 5.92 Å². The first-order chi connectivity index (χ1) is 8.86. The second kappa shape index (κ2) is 5.43. The van der Waals surface area contributed by atoms with E-state index in [1.807, 2.05) is 0 Å². The second-order valence-electron chi connectivity index (χ2n) is 6.00. The Morgan fingerprint density at radius 3 is 2.89 bits per heavy atom. The number of hydrogen-bond donors (Lipinski definition) is 1. The lowest BCUT2D eigenvalue weighted by atomic mass is 9.83. The molecule has 1 aromatic heterocycles. The molecule has 2 saturated carbocycles. The van der Waals surface area contributed by atoms with Gasteiger partial charge in [0.2, 0.25) is 0 Å². The molecule has 2 fully saturated rings. The van der Waals surface area contributed by atoms with Gasteiger partial charge in [-0.3, -0.25) is 4.68 Å². The maximum atomic E-state index is 4.61. The van der Waals surface area contributed by atoms with Crippen LogP contribution in [0.2, 0.25) is 0 Å². The summed E-state index contributed by atoms with van der Waals surface area (Å²) in [6.07, 6.45) is 13.8. The number of nitrogens with zero attached hydrogens (tertiary/aromatic N) is 2. The molecule has 0 radical (unpaired) electrons. The number of hydrogen-bond acceptors (Lipinski definition) is 2. The van der Waals surface area contributed by atoms with Crippen LogP contribution in [0.15, 0.2) is 12.4 Å². The van der Waals surface area contributed by atoms with Gasteiger partial charge in [0.25, 0.3) is 0 Å². The number of aromatic nitrogens is 2. The molecule has 0 aromatic carbocycles. The minimum Gasteiger partial charge on any atom is -0.310 e. The van der Waals surface area contributed by atoms with E-state index >= 15 is 0 Å². The third kappa shape index (κ3) is 2.77. The van der Waals surface area contributed by atoms with E-state index in [2.05, 4.69) is 34.4 Å². The predicted octanol–water partition coefficient (Wildman–Crippen LogP) is 3.28. The SMILES string of the molecule is CCC1CCCCC1n1cc(CNC2CC2)cn1. The lowest BCUT2D eigenvalue weighted by Gasteiger charge is -2.30. The minimum absolute atomic E-state index is 0.651. The van der Waals surface area contributed by atoms with Crippen LogP contribution in [0.1, 0.15) is 63.5 Å². The molecule has 0 saturated heterocycles. The fourth-order valence-electron chi connectivity index (χ4n) is 3.21. The van der Waals surface area contributed by atoms with Crippen molar-refractivity contribution in [1.82, 2.24) is 15.1 Å². The number of rotatable bonds is 5. The van der Waals surface area contributed by atoms with Crippen LogP contribution in [0.4, 0.5) is 0 Å². The van der Waals surface area contributed by atoms with Crippen molar-refractivity contribution in [3.05, 3.63) is 18.0 Å². The van der Waals surface area contributed by atoms with Crippen molar-refractivity contribution in [2.24, 2.45) is 5.92 Å². The molecule has 1 heterocycles. The van der Waals surface area contributed by atoms with E-state index in [0.29, 0.717) is 6.04 Å². The first-order valence-corrected chi connectivity index (χ1v) is 7.63. The van der Waals surface area contributed by atoms with Gasteiger partial charge in [-0.25, -0.2) is 0 Å². The minimum atomic E-state index is 0.651. The molecule has 2 aliphatic rings. The zero-order chi connectivity index (χ0) is 12.4. The van der Waals surface area contributed by atoms with Crippen LogP contribution >= 0.6 is 0 Å². The summed E-state index contributed by atoms with van der Waals surface area (Å²) in [7, 11) is 0. The van der Waals surface area contributed by atoms with Gasteiger partial charge in [0.05, 0.1) is 12.2 Å². The molecule has 3 nitrogen and oxygen atoms in total. The Hall–Kier alpha value is -0.830. The standard InChI is InChI=1S/C15H25N3/c1-2-13-5-3-4-6-15(13)18-11-12(10-17-18)9-16-14-7-8-14/h10-11,13-16H,2-9H2,1H3. The summed E-state index contributed by atoms with van der Waals surface area (Å²) in [5.41, 5.74) is 1.35. The van der Waals surface area contributed by atoms with Crippen LogP contribution in [0.3, 0.4) is 0 Å². The van der Waals surface area contributed by atoms with Gasteiger partial charge in [-0.2, -0.15) is 5.10 Å². The van der Waals surface area contributed by atoms with Crippen LogP contribution in [0.25, 0.3) is 0 Å². The monoisotopic (exact) mass is 247 g/mol. The van der Waals surface area contributed by atoms with Crippen LogP contribution < -0.4 is 5.32 Å². The fourth-order valence-corrected chi connectivity index (χ4v) is 3.21. The molecule has 1 N–H and O–H groups in total. The van der Waals surface area contributed by atoms with Crippen molar-refractivity contribution in [3.8, 4) is 0 Å². The smallest absolute Gasteiger partial charge is 0.0547 e. The quantitative estimate of drug-likeness (QED) is 0.865. The Morgan fingerprint density at radius 2 is 2.11 bits per heavy atom. The van der Waals surface area contributed by atoms with Crippen molar-refractivity contribution in [3.63, 3.8) is 0 Å². The molecule has 0 amide bonds. The maximum absolute atomic E-state index is 4.61. The van der Waals surface area contributed by atoms with Gasteiger partial charge in [-0.15, -0.1) is 0 Å². The van der Waals surface area contributed by atoms with Gasteiger partial charge in [0.15, 0.2) is 0 Å². The first kappa shape index (κ1) is 12.2. The lowest BCUT2D eigenvalue weighted by molar-refractivity contribution is 0.217. The molecule has 100 valence electrons. The van der Waals surface area contributed by atoms with Gasteiger partial charge in [-0.1, -0.05) is 26.2 Å². The zero-order valence-electron chi connectivity index (χ0n) is 11.4. The third-order valence-corrected chi connectivity index (χ3v) is 4.56. The average molecular weight is 247 g/mol. The Labute approximate surface area is 110 Å². The van der Waals surface area contributed by atoms with Crippen LogP contribution in [-0.2, 0) is 6.54 Å². The van der Waals surface area contributed by atoms with E-state index in [1.165, 1.54) is 50.5 Å². The molecule has 18 heavy (non-hydrogen) atoms. The fraction of sp³-hybridized carbons (Fsp3) is 0.800. The molecular formula is C15H25N3. The summed E-state index contributed by atoms with van der Waals surface area (Å²) in [5.74, 6) is 0.836. The van der Waals surface area contributed by atoms with Gasteiger partial charge >= 0.3 is 0 Å². The highest BCUT2D eigenvalue weighted by atomic mass is 15.3. The molecule has 2 atom stereocenters. The van der Waals surface area contributed by atoms with Crippen LogP contribution in [0.5, 0.6) is 0 Å². The normalized spacial score (nSPS) is 28.5. The highest BCUT2D eigenvalue weighted by molar-refractivity contribution is 5.05. The molecule has 0 bridgehead atoms. The Bertz CT molecular complexity index is 381. The van der Waals surface area contributed by atoms with E-state index in [0.717, 1.165) is 18.5 Å². The largest absolute Gasteiger partial charge is 0.310 e. The molecule has 1 aromatic rings. The summed E-state index contributed by atoms with van der Waals surface area (Å²) in [6.45, 7) is 3.32. The molecule has 2 unspecified atom stereocenters. The van der Waals surface area contributed by atoms with Crippen molar-refractivity contribution in [1.29, 1.82) is 0 Å². The first-order valence-electron chi connectivity index (χ1n) is 7.63. The van der Waals surface area contributed by atoms with E-state index < -0.39 is 0 Å². The summed E-state index contributed by atoms with van der Waals surface area (Å²) in [5, 5.41) is 8.17. The average Bonchev–Trinajstić information content (AvgIpc) is 3.13. The number of nitrogens with one attached hydrogen (secondary N) is 1. The lowest BCUT2D eigenvalue weighted by Crippen LogP contribution is -2.23. The molecule has 0 aliphatic heterocycles. The molecule has 3 rings (SSSR count). The second-order valence-corrected chi connectivity index (χ2v) is 6.00. The van der Waals surface area contributed by atoms with Crippen molar-refractivity contribution in [2.75, 3.05) is 0 Å². The Balaban J connectivity index is 1.62. The highest BCUT2D eigenvalue weighted by Gasteiger charge is 2.26. The van der Waals surface area contributed by atoms with E-state index in [4.69, 9.17) is 0 Å². The molecule has 2 aliphatic carbocycles. The van der Waals surface area contributed by atoms with Gasteiger partial charge in [0, 0.05) is 24.3 Å². The van der Waals surface area contributed by atoms with E-state index in [9.17, 15) is 0 Å². The molecular weight excluding hydrogens is 222 g/mol. The van der Waals surface area contributed by atoms with E-state index in [-0.39, 0.29) is 0 Å². The predicted molar refractivity (Wildman–Crippen MR) is 73.4 cm³/mol. The Morgan fingerprint density at radius 1 is 1.28 bits per heavy atom. The molecule has 3 heteroatoms. The molecule has 0 spiro atoms. The van der Waals surface area contributed by atoms with Gasteiger partial charge < -0.3 is 5.32 Å². The van der Waals surface area contributed by atoms with Crippen molar-refractivity contribution < 1.29 is 0 Å². The summed E-state index contributed by atoms with van der Waals surface area (Å²) in [6, 6.07) is 1.44. The summed E-state index contributed by atoms with van der Waals surface area (Å²) in [4.78, 5) is 0. The zero-order valence-corrected chi connectivity index (χ0v) is 11.4. The van der Waals surface area contributed by atoms with Crippen molar-refractivity contribution in [2.45, 2.75) is 70.5 Å². The highest BCUT2D eigenvalue weighted by Crippen LogP contribution is 2.35. The maximum Gasteiger partial charge on any atom is 0.0547 e. The van der Waals surface area contributed by atoms with Gasteiger partial charge in [0.1, 0.15) is 0 Å². The topological polar surface area (TPSA) is 29.9 Å². The Kier molecular flexibility index (Phi) is 3.69. The van der Waals surface area contributed by atoms with Crippen molar-refractivity contribution >= 4 is 0 Å².